The van der Waals surface area contributed by atoms with Crippen molar-refractivity contribution in [1.82, 2.24) is 0 Å². The van der Waals surface area contributed by atoms with Crippen LogP contribution in [0.1, 0.15) is 100 Å². The summed E-state index contributed by atoms with van der Waals surface area (Å²) in [7, 11) is 0. The van der Waals surface area contributed by atoms with E-state index in [0.717, 1.165) is 44.0 Å². The molecule has 1 aromatic heterocycles. The Morgan fingerprint density at radius 2 is 1.39 bits per heavy atom. The van der Waals surface area contributed by atoms with E-state index in [0.29, 0.717) is 0 Å². The minimum absolute atomic E-state index is 0.0000678. The Kier molecular flexibility index (Phi) is 7.42. The average Bonchev–Trinajstić information content (AvgIpc) is 2.72. The Morgan fingerprint density at radius 3 is 1.86 bits per heavy atom. The van der Waals surface area contributed by atoms with E-state index < -0.39 is 0 Å². The molecule has 0 atom stereocenters. The summed E-state index contributed by atoms with van der Waals surface area (Å²) in [4.78, 5) is 1.50. The molecule has 0 bridgehead atoms. The monoisotopic (exact) mass is 522 g/mol. The Bertz CT molecular complexity index is 1210. The van der Waals surface area contributed by atoms with Gasteiger partial charge in [0.25, 0.3) is 0 Å². The van der Waals surface area contributed by atoms with Crippen molar-refractivity contribution in [3.8, 4) is 0 Å². The van der Waals surface area contributed by atoms with Gasteiger partial charge in [-0.3, -0.25) is 0 Å². The van der Waals surface area contributed by atoms with Gasteiger partial charge in [-0.25, -0.2) is 4.42 Å². The van der Waals surface area contributed by atoms with Crippen molar-refractivity contribution in [2.75, 3.05) is 0 Å². The molecular formula is C32H42O2S2. The molecule has 2 aliphatic rings. The van der Waals surface area contributed by atoms with E-state index >= 15 is 0 Å². The molecule has 0 saturated carbocycles. The molecule has 1 aromatic rings. The summed E-state index contributed by atoms with van der Waals surface area (Å²) >= 11 is 11.6. The van der Waals surface area contributed by atoms with Gasteiger partial charge in [-0.1, -0.05) is 74.5 Å². The van der Waals surface area contributed by atoms with Crippen molar-refractivity contribution >= 4 is 35.8 Å². The molecule has 194 valence electrons. The van der Waals surface area contributed by atoms with E-state index in [-0.39, 0.29) is 21.7 Å². The van der Waals surface area contributed by atoms with Gasteiger partial charge in [-0.05, 0) is 72.1 Å². The lowest BCUT2D eigenvalue weighted by atomic mass is 9.81. The normalized spacial score (nSPS) is 19.8. The van der Waals surface area contributed by atoms with Crippen LogP contribution in [0.3, 0.4) is 0 Å². The van der Waals surface area contributed by atoms with E-state index in [1.54, 1.807) is 0 Å². The fourth-order valence-corrected chi connectivity index (χ4v) is 4.55. The summed E-state index contributed by atoms with van der Waals surface area (Å²) in [5, 5.41) is 0. The zero-order chi connectivity index (χ0) is 27.4. The van der Waals surface area contributed by atoms with Crippen LogP contribution in [-0.4, -0.2) is 4.86 Å². The van der Waals surface area contributed by atoms with Gasteiger partial charge in [0, 0.05) is 22.4 Å². The van der Waals surface area contributed by atoms with Gasteiger partial charge in [0.05, 0.1) is 11.5 Å². The van der Waals surface area contributed by atoms with Crippen LogP contribution in [0.25, 0.3) is 6.08 Å². The van der Waals surface area contributed by atoms with Crippen molar-refractivity contribution in [2.45, 2.75) is 93.9 Å². The van der Waals surface area contributed by atoms with Crippen molar-refractivity contribution in [2.24, 2.45) is 10.8 Å². The van der Waals surface area contributed by atoms with Crippen molar-refractivity contribution < 1.29 is 9.15 Å². The van der Waals surface area contributed by atoms with E-state index in [4.69, 9.17) is 34.0 Å². The fraction of sp³-hybridized carbons (Fsp3) is 0.500. The molecule has 2 heterocycles. The first-order valence-corrected chi connectivity index (χ1v) is 13.5. The third-order valence-electron chi connectivity index (χ3n) is 6.39. The molecule has 4 heteroatoms. The molecule has 0 radical (unpaired) electrons. The van der Waals surface area contributed by atoms with E-state index in [1.807, 2.05) is 12.2 Å². The first-order valence-electron chi connectivity index (χ1n) is 12.7. The second kappa shape index (κ2) is 9.36. The summed E-state index contributed by atoms with van der Waals surface area (Å²) < 4.78 is 12.6. The predicted octanol–water partition coefficient (Wildman–Crippen LogP) is 9.54. The third kappa shape index (κ3) is 6.26. The average molecular weight is 523 g/mol. The second-order valence-electron chi connectivity index (χ2n) is 14.0. The van der Waals surface area contributed by atoms with Gasteiger partial charge in [0.15, 0.2) is 0 Å². The lowest BCUT2D eigenvalue weighted by Crippen LogP contribution is -2.21. The number of hydrogen-bond acceptors (Lipinski definition) is 3. The maximum Gasteiger partial charge on any atom is 0.353 e. The molecule has 0 aromatic carbocycles. The topological polar surface area (TPSA) is 20.5 Å². The van der Waals surface area contributed by atoms with Gasteiger partial charge in [-0.2, -0.15) is 4.91 Å². The van der Waals surface area contributed by atoms with Crippen LogP contribution in [0, 0.1) is 10.8 Å². The van der Waals surface area contributed by atoms with Crippen LogP contribution in [0.15, 0.2) is 67.9 Å². The molecule has 0 saturated heterocycles. The lowest BCUT2D eigenvalue weighted by Gasteiger charge is -2.34. The molecule has 0 N–H and O–H groups in total. The standard InChI is InChI=1S/C32H42O2S2/c1-29(2,3)19-13-21(33-25(15-19)31(7,8)9)17-23-27(35)24(28(23)36)18-22-14-20(30(4,5)6)16-26(34-22)32(10,11)12/h13-18H,1-12H3. The highest BCUT2D eigenvalue weighted by Crippen LogP contribution is 2.41. The number of allylic oxidation sites excluding steroid dienone is 7. The molecule has 0 amide bonds. The summed E-state index contributed by atoms with van der Waals surface area (Å²) in [6.45, 7) is 26.3. The molecule has 2 nitrogen and oxygen atoms in total. The molecule has 3 rings (SSSR count). The van der Waals surface area contributed by atoms with Gasteiger partial charge in [0.2, 0.25) is 0 Å². The van der Waals surface area contributed by atoms with Crippen LogP contribution in [-0.2, 0) is 28.2 Å². The van der Waals surface area contributed by atoms with E-state index in [1.165, 1.54) is 11.1 Å². The SMILES string of the molecule is CC(C)(C)C1=C/C(=C/C2=C([S-])C(=C/c3cc(C(C)(C)C)cc(C(C)(C)C)[o+]3)/C2=S)OC(C(C)(C)C)=C1. The maximum atomic E-state index is 6.31. The third-order valence-corrected chi connectivity index (χ3v) is 7.27. The molecule has 1 aliphatic heterocycles. The number of ether oxygens (including phenoxy) is 1. The van der Waals surface area contributed by atoms with Crippen molar-refractivity contribution in [3.63, 3.8) is 0 Å². The van der Waals surface area contributed by atoms with Crippen LogP contribution in [0.5, 0.6) is 0 Å². The van der Waals surface area contributed by atoms with Crippen LogP contribution in [0.2, 0.25) is 0 Å². The zero-order valence-corrected chi connectivity index (χ0v) is 25.7. The number of hydrogen-bond donors (Lipinski definition) is 0. The largest absolute Gasteiger partial charge is 0.778 e. The molecule has 36 heavy (non-hydrogen) atoms. The maximum absolute atomic E-state index is 6.31. The summed E-state index contributed by atoms with van der Waals surface area (Å²) in [5.41, 5.74) is 4.00. The second-order valence-corrected chi connectivity index (χ2v) is 14.8. The Morgan fingerprint density at radius 1 is 0.778 bits per heavy atom. The summed E-state index contributed by atoms with van der Waals surface area (Å²) in [6, 6.07) is 4.27. The number of rotatable bonds is 2. The molecule has 1 aliphatic carbocycles. The highest BCUT2D eigenvalue weighted by Gasteiger charge is 2.32. The molecular weight excluding hydrogens is 480 g/mol. The van der Waals surface area contributed by atoms with Gasteiger partial charge in [0.1, 0.15) is 11.5 Å². The van der Waals surface area contributed by atoms with E-state index in [2.05, 4.69) is 107 Å². The summed E-state index contributed by atoms with van der Waals surface area (Å²) in [6.07, 6.45) is 8.26. The first kappa shape index (κ1) is 28.5. The minimum atomic E-state index is -0.107. The van der Waals surface area contributed by atoms with Crippen molar-refractivity contribution in [1.29, 1.82) is 0 Å². The van der Waals surface area contributed by atoms with E-state index in [9.17, 15) is 0 Å². The quantitative estimate of drug-likeness (QED) is 0.167. The minimum Gasteiger partial charge on any atom is -0.778 e. The molecule has 0 spiro atoms. The van der Waals surface area contributed by atoms with Crippen molar-refractivity contribution in [3.05, 3.63) is 80.6 Å². The van der Waals surface area contributed by atoms with Gasteiger partial charge >= 0.3 is 11.5 Å². The lowest BCUT2D eigenvalue weighted by molar-refractivity contribution is 0.220. The Balaban J connectivity index is 2.04. The smallest absolute Gasteiger partial charge is 0.353 e. The van der Waals surface area contributed by atoms with Crippen LogP contribution < -0.4 is 0 Å². The Labute approximate surface area is 229 Å². The first-order chi connectivity index (χ1) is 16.2. The Hall–Kier alpha value is -2.04. The van der Waals surface area contributed by atoms with Crippen LogP contribution in [0.4, 0.5) is 0 Å². The highest BCUT2D eigenvalue weighted by atomic mass is 32.1. The van der Waals surface area contributed by atoms with Gasteiger partial charge < -0.3 is 17.4 Å². The zero-order valence-electron chi connectivity index (χ0n) is 24.1. The summed E-state index contributed by atoms with van der Waals surface area (Å²) in [5.74, 6) is 3.45. The fourth-order valence-electron chi connectivity index (χ4n) is 3.77. The van der Waals surface area contributed by atoms with Crippen LogP contribution >= 0.6 is 12.2 Å². The highest BCUT2D eigenvalue weighted by molar-refractivity contribution is 7.82. The molecule has 0 fully saturated rings. The predicted molar refractivity (Wildman–Crippen MR) is 160 cm³/mol. The van der Waals surface area contributed by atoms with Gasteiger partial charge in [-0.15, -0.1) is 0 Å². The molecule has 0 unspecified atom stereocenters. The number of thiocarbonyl (C=S) groups is 1.